The highest BCUT2D eigenvalue weighted by atomic mass is 16.5. The maximum Gasteiger partial charge on any atom is 0.188 e. The fourth-order valence-corrected chi connectivity index (χ4v) is 2.35. The van der Waals surface area contributed by atoms with E-state index >= 15 is 0 Å². The lowest BCUT2D eigenvalue weighted by atomic mass is 10.0. The summed E-state index contributed by atoms with van der Waals surface area (Å²) in [5, 5.41) is 0. The molecule has 1 fully saturated rings. The van der Waals surface area contributed by atoms with Crippen LogP contribution < -0.4 is 0 Å². The molecule has 0 aliphatic carbocycles. The summed E-state index contributed by atoms with van der Waals surface area (Å²) in [7, 11) is 0. The van der Waals surface area contributed by atoms with Crippen molar-refractivity contribution in [1.82, 2.24) is 0 Å². The fourth-order valence-electron chi connectivity index (χ4n) is 2.35. The minimum absolute atomic E-state index is 0.000772. The van der Waals surface area contributed by atoms with Crippen LogP contribution in [0.15, 0.2) is 16.8 Å². The van der Waals surface area contributed by atoms with Gasteiger partial charge in [0, 0.05) is 25.2 Å². The Hall–Kier alpha value is -1.29. The van der Waals surface area contributed by atoms with Gasteiger partial charge in [-0.3, -0.25) is 14.6 Å². The van der Waals surface area contributed by atoms with Gasteiger partial charge in [-0.15, -0.1) is 0 Å². The van der Waals surface area contributed by atoms with Gasteiger partial charge in [0.1, 0.15) is 11.5 Å². The van der Waals surface area contributed by atoms with Crippen molar-refractivity contribution in [3.63, 3.8) is 0 Å². The zero-order valence-electron chi connectivity index (χ0n) is 10.7. The molecule has 4 nitrogen and oxygen atoms in total. The number of carbonyl (C=O) groups is 2. The number of hydrogen-bond acceptors (Lipinski definition) is 4. The first-order chi connectivity index (χ1) is 8.70. The van der Waals surface area contributed by atoms with Crippen LogP contribution in [0.25, 0.3) is 0 Å². The number of Topliss-reactive ketones (excluding diaryl/α,β-unsaturated/α-hetero) is 2. The fraction of sp³-hybridized carbons (Fsp3) is 0.643. The molecule has 4 heteroatoms. The molecule has 0 N–H and O–H groups in total. The number of aliphatic imine (C=N–C) groups is 1. The van der Waals surface area contributed by atoms with Crippen LogP contribution in [0.2, 0.25) is 0 Å². The van der Waals surface area contributed by atoms with Gasteiger partial charge in [0.05, 0.1) is 12.5 Å². The minimum atomic E-state index is -0.162. The summed E-state index contributed by atoms with van der Waals surface area (Å²) < 4.78 is 5.57. The van der Waals surface area contributed by atoms with E-state index in [2.05, 4.69) is 4.99 Å². The van der Waals surface area contributed by atoms with Gasteiger partial charge in [-0.25, -0.2) is 0 Å². The first-order valence-electron chi connectivity index (χ1n) is 6.63. The number of nitrogens with zero attached hydrogens (tertiary/aromatic N) is 1. The zero-order chi connectivity index (χ0) is 13.0. The molecular formula is C14H19NO3. The summed E-state index contributed by atoms with van der Waals surface area (Å²) in [6.07, 6.45) is 7.10. The van der Waals surface area contributed by atoms with E-state index in [0.717, 1.165) is 25.9 Å². The van der Waals surface area contributed by atoms with Gasteiger partial charge in [0.2, 0.25) is 0 Å². The van der Waals surface area contributed by atoms with Gasteiger partial charge in [-0.05, 0) is 25.3 Å². The maximum atomic E-state index is 11.8. The third kappa shape index (κ3) is 3.13. The molecule has 1 saturated heterocycles. The predicted octanol–water partition coefficient (Wildman–Crippen LogP) is 2.08. The van der Waals surface area contributed by atoms with Crippen LogP contribution >= 0.6 is 0 Å². The number of allylic oxidation sites excluding steroid dienone is 1. The third-order valence-corrected chi connectivity index (χ3v) is 3.30. The summed E-state index contributed by atoms with van der Waals surface area (Å²) in [6, 6.07) is 0. The average molecular weight is 249 g/mol. The number of ether oxygens (including phenoxy) is 1. The Labute approximate surface area is 107 Å². The Morgan fingerprint density at radius 1 is 1.50 bits per heavy atom. The van der Waals surface area contributed by atoms with Crippen LogP contribution in [0.1, 0.15) is 39.0 Å². The Kier molecular flexibility index (Phi) is 4.42. The molecule has 0 aromatic rings. The lowest BCUT2D eigenvalue weighted by molar-refractivity contribution is -0.125. The molecule has 0 aromatic heterocycles. The summed E-state index contributed by atoms with van der Waals surface area (Å²) in [4.78, 5) is 27.4. The van der Waals surface area contributed by atoms with Gasteiger partial charge in [0.25, 0.3) is 0 Å². The molecule has 2 atom stereocenters. The first kappa shape index (κ1) is 13.1. The highest BCUT2D eigenvalue weighted by Crippen LogP contribution is 2.25. The quantitative estimate of drug-likeness (QED) is 0.677. The molecule has 2 heterocycles. The molecule has 18 heavy (non-hydrogen) atoms. The van der Waals surface area contributed by atoms with Gasteiger partial charge in [0.15, 0.2) is 5.78 Å². The number of rotatable bonds is 6. The van der Waals surface area contributed by atoms with Crippen molar-refractivity contribution >= 4 is 17.8 Å². The Balaban J connectivity index is 1.90. The van der Waals surface area contributed by atoms with E-state index < -0.39 is 0 Å². The lowest BCUT2D eigenvalue weighted by Gasteiger charge is -2.11. The van der Waals surface area contributed by atoms with Crippen LogP contribution in [0, 0.1) is 5.92 Å². The van der Waals surface area contributed by atoms with Crippen LogP contribution in [-0.4, -0.2) is 30.5 Å². The maximum absolute atomic E-state index is 11.8. The highest BCUT2D eigenvalue weighted by Gasteiger charge is 2.27. The topological polar surface area (TPSA) is 55.7 Å². The zero-order valence-corrected chi connectivity index (χ0v) is 10.7. The minimum Gasteiger partial charge on any atom is -0.377 e. The van der Waals surface area contributed by atoms with Gasteiger partial charge in [-0.2, -0.15) is 0 Å². The first-order valence-corrected chi connectivity index (χ1v) is 6.63. The molecule has 0 amide bonds. The van der Waals surface area contributed by atoms with Crippen molar-refractivity contribution in [2.75, 3.05) is 6.61 Å². The molecule has 98 valence electrons. The summed E-state index contributed by atoms with van der Waals surface area (Å²) in [5.74, 6) is -0.0582. The molecule has 0 bridgehead atoms. The van der Waals surface area contributed by atoms with Crippen LogP contribution in [-0.2, 0) is 14.3 Å². The van der Waals surface area contributed by atoms with E-state index in [1.54, 1.807) is 6.21 Å². The van der Waals surface area contributed by atoms with E-state index in [1.165, 1.54) is 0 Å². The van der Waals surface area contributed by atoms with E-state index in [0.29, 0.717) is 12.1 Å². The molecule has 0 radical (unpaired) electrons. The van der Waals surface area contributed by atoms with Gasteiger partial charge in [-0.1, -0.05) is 6.92 Å². The molecule has 0 spiro atoms. The second-order valence-electron chi connectivity index (χ2n) is 4.85. The van der Waals surface area contributed by atoms with E-state index in [4.69, 9.17) is 4.74 Å². The van der Waals surface area contributed by atoms with E-state index in [9.17, 15) is 9.59 Å². The standard InChI is InChI=1S/C14H19NO3/c1-2-4-11(16)8-13(17)12-7-10(9-15-12)14-5-3-6-18-14/h7,9-10,14H,2-6,8H2,1H3. The second kappa shape index (κ2) is 6.05. The second-order valence-corrected chi connectivity index (χ2v) is 4.85. The number of carbonyl (C=O) groups excluding carboxylic acids is 2. The molecular weight excluding hydrogens is 230 g/mol. The molecule has 2 aliphatic rings. The van der Waals surface area contributed by atoms with Crippen molar-refractivity contribution < 1.29 is 14.3 Å². The lowest BCUT2D eigenvalue weighted by Crippen LogP contribution is -2.17. The van der Waals surface area contributed by atoms with E-state index in [1.807, 2.05) is 13.0 Å². The monoisotopic (exact) mass is 249 g/mol. The SMILES string of the molecule is CCCC(=O)CC(=O)C1=CC(C2CCCO2)C=N1. The van der Waals surface area contributed by atoms with Crippen LogP contribution in [0.3, 0.4) is 0 Å². The normalized spacial score (nSPS) is 26.4. The van der Waals surface area contributed by atoms with Crippen LogP contribution in [0.4, 0.5) is 0 Å². The molecule has 0 saturated carbocycles. The van der Waals surface area contributed by atoms with E-state index in [-0.39, 0.29) is 30.0 Å². The molecule has 2 unspecified atom stereocenters. The Bertz CT molecular complexity index is 392. The van der Waals surface area contributed by atoms with Crippen molar-refractivity contribution in [2.24, 2.45) is 10.9 Å². The largest absolute Gasteiger partial charge is 0.377 e. The smallest absolute Gasteiger partial charge is 0.188 e. The van der Waals surface area contributed by atoms with Crippen molar-refractivity contribution in [3.05, 3.63) is 11.8 Å². The number of ketones is 2. The van der Waals surface area contributed by atoms with Crippen molar-refractivity contribution in [3.8, 4) is 0 Å². The van der Waals surface area contributed by atoms with Crippen molar-refractivity contribution in [2.45, 2.75) is 45.1 Å². The molecule has 2 aliphatic heterocycles. The number of hydrogen-bond donors (Lipinski definition) is 0. The van der Waals surface area contributed by atoms with Gasteiger partial charge >= 0.3 is 0 Å². The third-order valence-electron chi connectivity index (χ3n) is 3.30. The molecule has 0 aromatic carbocycles. The summed E-state index contributed by atoms with van der Waals surface area (Å²) in [5.41, 5.74) is 0.431. The summed E-state index contributed by atoms with van der Waals surface area (Å²) >= 11 is 0. The predicted molar refractivity (Wildman–Crippen MR) is 68.6 cm³/mol. The summed E-state index contributed by atoms with van der Waals surface area (Å²) in [6.45, 7) is 2.73. The van der Waals surface area contributed by atoms with Crippen LogP contribution in [0.5, 0.6) is 0 Å². The van der Waals surface area contributed by atoms with Gasteiger partial charge < -0.3 is 4.74 Å². The van der Waals surface area contributed by atoms with Crippen molar-refractivity contribution in [1.29, 1.82) is 0 Å². The Morgan fingerprint density at radius 3 is 3.00 bits per heavy atom. The highest BCUT2D eigenvalue weighted by molar-refractivity contribution is 6.08. The Morgan fingerprint density at radius 2 is 2.33 bits per heavy atom. The average Bonchev–Trinajstić information content (AvgIpc) is 3.00. The molecule has 2 rings (SSSR count).